The van der Waals surface area contributed by atoms with Crippen LogP contribution >= 0.6 is 27.3 Å². The Kier molecular flexibility index (Phi) is 4.76. The van der Waals surface area contributed by atoms with Crippen LogP contribution in [-0.2, 0) is 11.0 Å². The number of rotatable bonds is 4. The second kappa shape index (κ2) is 5.39. The fourth-order valence-electron chi connectivity index (χ4n) is 1.30. The molecule has 0 saturated carbocycles. The number of hydrogen-bond acceptors (Lipinski definition) is 2. The Morgan fingerprint density at radius 2 is 2.29 bits per heavy atom. The molecule has 0 spiro atoms. The molecular weight excluding hydrogens is 282 g/mol. The van der Waals surface area contributed by atoms with E-state index in [9.17, 15) is 4.21 Å². The van der Waals surface area contributed by atoms with Gasteiger partial charge in [0, 0.05) is 20.0 Å². The van der Waals surface area contributed by atoms with Crippen LogP contribution in [0.2, 0.25) is 0 Å². The molecule has 3 atom stereocenters. The lowest BCUT2D eigenvalue weighted by Crippen LogP contribution is -2.19. The highest BCUT2D eigenvalue weighted by Gasteiger charge is 2.15. The van der Waals surface area contributed by atoms with Gasteiger partial charge in [-0.05, 0) is 41.3 Å². The summed E-state index contributed by atoms with van der Waals surface area (Å²) in [4.78, 5) is 1.31. The van der Waals surface area contributed by atoms with E-state index in [4.69, 9.17) is 5.14 Å². The molecular formula is C9H14BrNOS2. The van der Waals surface area contributed by atoms with Crippen LogP contribution in [0.3, 0.4) is 0 Å². The van der Waals surface area contributed by atoms with Crippen molar-refractivity contribution in [2.75, 3.05) is 0 Å². The molecule has 0 aliphatic carbocycles. The van der Waals surface area contributed by atoms with Gasteiger partial charge in [0.2, 0.25) is 0 Å². The molecule has 2 unspecified atom stereocenters. The number of nitrogens with two attached hydrogens (primary N) is 1. The van der Waals surface area contributed by atoms with Crippen LogP contribution in [-0.4, -0.2) is 9.46 Å². The summed E-state index contributed by atoms with van der Waals surface area (Å²) in [6, 6.07) is 2.11. The standard InChI is InChI=1S/C9H14BrNOS2/c1-6(3-7(2)14(11)12)9-4-8(10)5-13-9/h4-7H,3,11H2,1-2H3/t6-,7?,14?/m0/s1. The maximum Gasteiger partial charge on any atom is 0.0917 e. The monoisotopic (exact) mass is 295 g/mol. The van der Waals surface area contributed by atoms with Crippen LogP contribution in [0.4, 0.5) is 0 Å². The molecule has 0 amide bonds. The van der Waals surface area contributed by atoms with E-state index in [2.05, 4.69) is 34.3 Å². The molecule has 14 heavy (non-hydrogen) atoms. The largest absolute Gasteiger partial charge is 0.252 e. The van der Waals surface area contributed by atoms with Crippen molar-refractivity contribution in [1.29, 1.82) is 0 Å². The minimum Gasteiger partial charge on any atom is -0.252 e. The minimum absolute atomic E-state index is 0.0610. The second-order valence-corrected chi connectivity index (χ2v) is 6.76. The third-order valence-electron chi connectivity index (χ3n) is 2.16. The van der Waals surface area contributed by atoms with Crippen LogP contribution in [0.1, 0.15) is 31.1 Å². The normalized spacial score (nSPS) is 17.7. The van der Waals surface area contributed by atoms with E-state index in [0.29, 0.717) is 5.92 Å². The average molecular weight is 296 g/mol. The molecule has 1 rings (SSSR count). The van der Waals surface area contributed by atoms with Gasteiger partial charge in [-0.25, -0.2) is 4.21 Å². The van der Waals surface area contributed by atoms with Crippen molar-refractivity contribution in [3.05, 3.63) is 20.8 Å². The molecule has 5 heteroatoms. The van der Waals surface area contributed by atoms with Gasteiger partial charge in [-0.15, -0.1) is 11.3 Å². The lowest BCUT2D eigenvalue weighted by atomic mass is 10.0. The van der Waals surface area contributed by atoms with Crippen LogP contribution in [0.5, 0.6) is 0 Å². The topological polar surface area (TPSA) is 43.1 Å². The van der Waals surface area contributed by atoms with Gasteiger partial charge < -0.3 is 0 Å². The van der Waals surface area contributed by atoms with Gasteiger partial charge in [0.15, 0.2) is 0 Å². The van der Waals surface area contributed by atoms with Crippen molar-refractivity contribution in [3.8, 4) is 0 Å². The molecule has 0 aliphatic rings. The zero-order valence-corrected chi connectivity index (χ0v) is 11.4. The molecule has 0 fully saturated rings. The molecule has 0 radical (unpaired) electrons. The van der Waals surface area contributed by atoms with E-state index in [-0.39, 0.29) is 5.25 Å². The van der Waals surface area contributed by atoms with Gasteiger partial charge in [0.05, 0.1) is 11.0 Å². The Morgan fingerprint density at radius 3 is 2.71 bits per heavy atom. The molecule has 0 aliphatic heterocycles. The van der Waals surface area contributed by atoms with E-state index in [0.717, 1.165) is 10.9 Å². The van der Waals surface area contributed by atoms with E-state index < -0.39 is 11.0 Å². The van der Waals surface area contributed by atoms with Gasteiger partial charge in [-0.2, -0.15) is 0 Å². The van der Waals surface area contributed by atoms with E-state index in [1.807, 2.05) is 6.92 Å². The quantitative estimate of drug-likeness (QED) is 0.912. The van der Waals surface area contributed by atoms with Crippen LogP contribution in [0.15, 0.2) is 15.9 Å². The molecule has 1 aromatic heterocycles. The molecule has 1 aromatic rings. The van der Waals surface area contributed by atoms with Crippen molar-refractivity contribution in [3.63, 3.8) is 0 Å². The van der Waals surface area contributed by atoms with Crippen molar-refractivity contribution in [1.82, 2.24) is 0 Å². The highest BCUT2D eigenvalue weighted by molar-refractivity contribution is 9.10. The van der Waals surface area contributed by atoms with Crippen LogP contribution in [0.25, 0.3) is 0 Å². The summed E-state index contributed by atoms with van der Waals surface area (Å²) in [6.07, 6.45) is 0.871. The predicted molar refractivity (Wildman–Crippen MR) is 66.8 cm³/mol. The first-order valence-electron chi connectivity index (χ1n) is 4.39. The van der Waals surface area contributed by atoms with Crippen molar-refractivity contribution in [2.24, 2.45) is 5.14 Å². The van der Waals surface area contributed by atoms with E-state index in [1.54, 1.807) is 11.3 Å². The first-order valence-corrected chi connectivity index (χ1v) is 7.34. The molecule has 0 bridgehead atoms. The Labute approximate surface area is 99.6 Å². The summed E-state index contributed by atoms with van der Waals surface area (Å²) in [5.74, 6) is 0.425. The third-order valence-corrected chi connectivity index (χ3v) is 5.07. The highest BCUT2D eigenvalue weighted by Crippen LogP contribution is 2.29. The zero-order valence-electron chi connectivity index (χ0n) is 8.20. The molecule has 2 N–H and O–H groups in total. The minimum atomic E-state index is -1.20. The average Bonchev–Trinajstić information content (AvgIpc) is 2.51. The smallest absolute Gasteiger partial charge is 0.0917 e. The SMILES string of the molecule is CC(C[C@H](C)c1cc(Br)cs1)S(N)=O. The predicted octanol–water partition coefficient (Wildman–Crippen LogP) is 3.02. The van der Waals surface area contributed by atoms with Crippen molar-refractivity contribution in [2.45, 2.75) is 31.4 Å². The Hall–Kier alpha value is 0.290. The molecule has 0 saturated heterocycles. The third kappa shape index (κ3) is 3.46. The summed E-state index contributed by atoms with van der Waals surface area (Å²) in [5.41, 5.74) is 0. The fourth-order valence-corrected chi connectivity index (χ4v) is 3.29. The van der Waals surface area contributed by atoms with E-state index >= 15 is 0 Å². The fraction of sp³-hybridized carbons (Fsp3) is 0.556. The van der Waals surface area contributed by atoms with Crippen molar-refractivity contribution < 1.29 is 4.21 Å². The van der Waals surface area contributed by atoms with Gasteiger partial charge >= 0.3 is 0 Å². The lowest BCUT2D eigenvalue weighted by Gasteiger charge is -2.13. The van der Waals surface area contributed by atoms with E-state index in [1.165, 1.54) is 4.88 Å². The van der Waals surface area contributed by atoms with Crippen LogP contribution in [0, 0.1) is 0 Å². The van der Waals surface area contributed by atoms with Gasteiger partial charge in [0.1, 0.15) is 0 Å². The van der Waals surface area contributed by atoms with Gasteiger partial charge in [0.25, 0.3) is 0 Å². The Balaban J connectivity index is 2.58. The summed E-state index contributed by atoms with van der Waals surface area (Å²) < 4.78 is 12.1. The first kappa shape index (κ1) is 12.4. The molecule has 80 valence electrons. The number of thiophene rings is 1. The maximum atomic E-state index is 11.0. The Morgan fingerprint density at radius 1 is 1.64 bits per heavy atom. The lowest BCUT2D eigenvalue weighted by molar-refractivity contribution is 0.640. The second-order valence-electron chi connectivity index (χ2n) is 3.44. The van der Waals surface area contributed by atoms with Gasteiger partial charge in [-0.1, -0.05) is 6.92 Å². The molecule has 0 aromatic carbocycles. The molecule has 2 nitrogen and oxygen atoms in total. The number of halogens is 1. The van der Waals surface area contributed by atoms with Crippen molar-refractivity contribution >= 4 is 38.3 Å². The first-order chi connectivity index (χ1) is 6.50. The summed E-state index contributed by atoms with van der Waals surface area (Å²) in [7, 11) is -1.20. The summed E-state index contributed by atoms with van der Waals surface area (Å²) >= 11 is 5.15. The maximum absolute atomic E-state index is 11.0. The Bertz CT molecular complexity index is 326. The van der Waals surface area contributed by atoms with Gasteiger partial charge in [-0.3, -0.25) is 5.14 Å². The van der Waals surface area contributed by atoms with Crippen LogP contribution < -0.4 is 5.14 Å². The summed E-state index contributed by atoms with van der Waals surface area (Å²) in [6.45, 7) is 4.07. The zero-order chi connectivity index (χ0) is 10.7. The molecule has 1 heterocycles. The summed E-state index contributed by atoms with van der Waals surface area (Å²) in [5, 5.41) is 7.46. The number of hydrogen-bond donors (Lipinski definition) is 1. The highest BCUT2D eigenvalue weighted by atomic mass is 79.9.